The van der Waals surface area contributed by atoms with E-state index in [2.05, 4.69) is 55.1 Å². The predicted molar refractivity (Wildman–Crippen MR) is 77.1 cm³/mol. The molecule has 1 aliphatic rings. The van der Waals surface area contributed by atoms with Crippen molar-refractivity contribution in [2.24, 2.45) is 7.05 Å². The number of aromatic nitrogens is 3. The monoisotopic (exact) mass is 255 g/mol. The smallest absolute Gasteiger partial charge is 0.181 e. The maximum absolute atomic E-state index is 4.69. The number of aryl methyl sites for hydroxylation is 1. The van der Waals surface area contributed by atoms with Gasteiger partial charge in [-0.15, -0.1) is 0 Å². The summed E-state index contributed by atoms with van der Waals surface area (Å²) in [4.78, 5) is 4.69. The average Bonchev–Trinajstić information content (AvgIpc) is 3.12. The van der Waals surface area contributed by atoms with Gasteiger partial charge in [-0.1, -0.05) is 45.0 Å². The van der Waals surface area contributed by atoms with Crippen LogP contribution >= 0.6 is 0 Å². The van der Waals surface area contributed by atoms with Crippen LogP contribution in [0.15, 0.2) is 24.3 Å². The van der Waals surface area contributed by atoms with Gasteiger partial charge in [0.1, 0.15) is 5.82 Å². The van der Waals surface area contributed by atoms with Crippen LogP contribution in [-0.2, 0) is 12.5 Å². The highest BCUT2D eigenvalue weighted by Crippen LogP contribution is 2.39. The molecule has 3 heteroatoms. The van der Waals surface area contributed by atoms with Crippen molar-refractivity contribution in [2.45, 2.75) is 44.9 Å². The first-order chi connectivity index (χ1) is 8.95. The molecular weight excluding hydrogens is 234 g/mol. The minimum absolute atomic E-state index is 0.190. The first kappa shape index (κ1) is 12.4. The van der Waals surface area contributed by atoms with E-state index in [0.29, 0.717) is 5.92 Å². The van der Waals surface area contributed by atoms with Gasteiger partial charge in [0.15, 0.2) is 5.82 Å². The fraction of sp³-hybridized carbons (Fsp3) is 0.500. The summed E-state index contributed by atoms with van der Waals surface area (Å²) >= 11 is 0. The molecule has 0 atom stereocenters. The SMILES string of the molecule is Cn1nc(-c2ccc(C(C)(C)C)cc2)nc1C1CC1. The van der Waals surface area contributed by atoms with Crippen LogP contribution < -0.4 is 0 Å². The fourth-order valence-electron chi connectivity index (χ4n) is 2.34. The minimum Gasteiger partial charge on any atom is -0.252 e. The predicted octanol–water partition coefficient (Wildman–Crippen LogP) is 3.66. The van der Waals surface area contributed by atoms with Crippen LogP contribution in [0.3, 0.4) is 0 Å². The molecule has 3 rings (SSSR count). The van der Waals surface area contributed by atoms with E-state index in [1.54, 1.807) is 0 Å². The van der Waals surface area contributed by atoms with Gasteiger partial charge in [-0.3, -0.25) is 4.68 Å². The van der Waals surface area contributed by atoms with E-state index in [-0.39, 0.29) is 5.41 Å². The molecule has 0 bridgehead atoms. The Morgan fingerprint density at radius 1 is 1.11 bits per heavy atom. The van der Waals surface area contributed by atoms with Crippen LogP contribution in [0.25, 0.3) is 11.4 Å². The molecule has 1 aromatic heterocycles. The van der Waals surface area contributed by atoms with Gasteiger partial charge in [-0.05, 0) is 23.8 Å². The first-order valence-electron chi connectivity index (χ1n) is 6.97. The van der Waals surface area contributed by atoms with Crippen molar-refractivity contribution in [1.82, 2.24) is 14.8 Å². The molecule has 0 radical (unpaired) electrons. The Hall–Kier alpha value is -1.64. The molecule has 100 valence electrons. The lowest BCUT2D eigenvalue weighted by Gasteiger charge is -2.18. The number of hydrogen-bond donors (Lipinski definition) is 0. The molecule has 1 fully saturated rings. The van der Waals surface area contributed by atoms with Crippen molar-refractivity contribution >= 4 is 0 Å². The van der Waals surface area contributed by atoms with E-state index < -0.39 is 0 Å². The maximum Gasteiger partial charge on any atom is 0.181 e. The quantitative estimate of drug-likeness (QED) is 0.820. The third-order valence-electron chi connectivity index (χ3n) is 3.75. The Bertz CT molecular complexity index is 583. The van der Waals surface area contributed by atoms with Gasteiger partial charge in [0.2, 0.25) is 0 Å². The summed E-state index contributed by atoms with van der Waals surface area (Å²) < 4.78 is 1.94. The summed E-state index contributed by atoms with van der Waals surface area (Å²) in [5, 5.41) is 4.54. The summed E-state index contributed by atoms with van der Waals surface area (Å²) in [5.74, 6) is 2.62. The Kier molecular flexibility index (Phi) is 2.73. The molecule has 19 heavy (non-hydrogen) atoms. The van der Waals surface area contributed by atoms with Crippen LogP contribution in [0.2, 0.25) is 0 Å². The van der Waals surface area contributed by atoms with Gasteiger partial charge < -0.3 is 0 Å². The lowest BCUT2D eigenvalue weighted by Crippen LogP contribution is -2.10. The van der Waals surface area contributed by atoms with E-state index >= 15 is 0 Å². The number of rotatable bonds is 2. The Labute approximate surface area is 114 Å². The normalized spacial score (nSPS) is 15.8. The second-order valence-electron chi connectivity index (χ2n) is 6.52. The van der Waals surface area contributed by atoms with E-state index in [4.69, 9.17) is 0 Å². The van der Waals surface area contributed by atoms with Crippen LogP contribution in [0.5, 0.6) is 0 Å². The van der Waals surface area contributed by atoms with E-state index in [1.807, 2.05) is 11.7 Å². The molecule has 1 aromatic carbocycles. The zero-order valence-corrected chi connectivity index (χ0v) is 12.1. The lowest BCUT2D eigenvalue weighted by atomic mass is 9.87. The summed E-state index contributed by atoms with van der Waals surface area (Å²) in [7, 11) is 1.99. The summed E-state index contributed by atoms with van der Waals surface area (Å²) in [6, 6.07) is 8.63. The van der Waals surface area contributed by atoms with Gasteiger partial charge in [0, 0.05) is 18.5 Å². The van der Waals surface area contributed by atoms with Crippen LogP contribution in [0.1, 0.15) is 50.9 Å². The minimum atomic E-state index is 0.190. The topological polar surface area (TPSA) is 30.7 Å². The van der Waals surface area contributed by atoms with Gasteiger partial charge >= 0.3 is 0 Å². The van der Waals surface area contributed by atoms with Crippen molar-refractivity contribution in [3.8, 4) is 11.4 Å². The van der Waals surface area contributed by atoms with Crippen molar-refractivity contribution in [1.29, 1.82) is 0 Å². The van der Waals surface area contributed by atoms with Gasteiger partial charge in [0.05, 0.1) is 0 Å². The van der Waals surface area contributed by atoms with Crippen LogP contribution in [-0.4, -0.2) is 14.8 Å². The van der Waals surface area contributed by atoms with Crippen molar-refractivity contribution in [3.63, 3.8) is 0 Å². The Morgan fingerprint density at radius 3 is 2.26 bits per heavy atom. The van der Waals surface area contributed by atoms with E-state index in [1.165, 1.54) is 18.4 Å². The van der Waals surface area contributed by atoms with Gasteiger partial charge in [-0.2, -0.15) is 5.10 Å². The first-order valence-corrected chi connectivity index (χ1v) is 6.97. The van der Waals surface area contributed by atoms with Crippen LogP contribution in [0.4, 0.5) is 0 Å². The highest BCUT2D eigenvalue weighted by Gasteiger charge is 2.29. The molecule has 1 heterocycles. The number of hydrogen-bond acceptors (Lipinski definition) is 2. The summed E-state index contributed by atoms with van der Waals surface area (Å²) in [5.41, 5.74) is 2.64. The standard InChI is InChI=1S/C16H21N3/c1-16(2,3)13-9-7-11(8-10-13)14-17-15(12-5-6-12)19(4)18-14/h7-10,12H,5-6H2,1-4H3. The van der Waals surface area contributed by atoms with E-state index in [0.717, 1.165) is 17.2 Å². The molecule has 0 amide bonds. The van der Waals surface area contributed by atoms with Crippen molar-refractivity contribution in [2.75, 3.05) is 0 Å². The fourth-order valence-corrected chi connectivity index (χ4v) is 2.34. The summed E-state index contributed by atoms with van der Waals surface area (Å²) in [6.45, 7) is 6.69. The highest BCUT2D eigenvalue weighted by atomic mass is 15.3. The van der Waals surface area contributed by atoms with Crippen LogP contribution in [0, 0.1) is 0 Å². The molecule has 1 aliphatic carbocycles. The van der Waals surface area contributed by atoms with Gasteiger partial charge in [0.25, 0.3) is 0 Å². The van der Waals surface area contributed by atoms with E-state index in [9.17, 15) is 0 Å². The summed E-state index contributed by atoms with van der Waals surface area (Å²) in [6.07, 6.45) is 2.52. The zero-order valence-electron chi connectivity index (χ0n) is 12.1. The zero-order chi connectivity index (χ0) is 13.6. The molecule has 0 saturated heterocycles. The Morgan fingerprint density at radius 2 is 1.74 bits per heavy atom. The third-order valence-corrected chi connectivity index (χ3v) is 3.75. The Balaban J connectivity index is 1.91. The molecular formula is C16H21N3. The largest absolute Gasteiger partial charge is 0.252 e. The molecule has 0 N–H and O–H groups in total. The molecule has 0 unspecified atom stereocenters. The molecule has 2 aromatic rings. The third kappa shape index (κ3) is 2.42. The number of benzene rings is 1. The molecule has 0 spiro atoms. The average molecular weight is 255 g/mol. The van der Waals surface area contributed by atoms with Crippen molar-refractivity contribution < 1.29 is 0 Å². The maximum atomic E-state index is 4.69. The second-order valence-corrected chi connectivity index (χ2v) is 6.52. The lowest BCUT2D eigenvalue weighted by molar-refractivity contribution is 0.590. The highest BCUT2D eigenvalue weighted by molar-refractivity contribution is 5.55. The second kappa shape index (κ2) is 4.19. The number of nitrogens with zero attached hydrogens (tertiary/aromatic N) is 3. The molecule has 0 aliphatic heterocycles. The van der Waals surface area contributed by atoms with Gasteiger partial charge in [-0.25, -0.2) is 4.98 Å². The van der Waals surface area contributed by atoms with Crippen molar-refractivity contribution in [3.05, 3.63) is 35.7 Å². The molecule has 3 nitrogen and oxygen atoms in total. The molecule has 1 saturated carbocycles.